The Morgan fingerprint density at radius 3 is 1.60 bits per heavy atom. The second-order valence-electron chi connectivity index (χ2n) is 5.26. The average Bonchev–Trinajstić information content (AvgIpc) is 2.66. The monoisotopic (exact) mass is 334 g/mol. The van der Waals surface area contributed by atoms with Crippen molar-refractivity contribution < 1.29 is 19.1 Å². The maximum Gasteiger partial charge on any atom is 0.330 e. The molecule has 0 unspecified atom stereocenters. The van der Waals surface area contributed by atoms with Crippen molar-refractivity contribution in [3.8, 4) is 0 Å². The van der Waals surface area contributed by atoms with E-state index in [1.54, 1.807) is 54.6 Å². The van der Waals surface area contributed by atoms with Gasteiger partial charge in [-0.05, 0) is 24.1 Å². The van der Waals surface area contributed by atoms with Gasteiger partial charge >= 0.3 is 5.97 Å². The van der Waals surface area contributed by atoms with Gasteiger partial charge in [-0.1, -0.05) is 60.7 Å². The minimum atomic E-state index is -0.567. The summed E-state index contributed by atoms with van der Waals surface area (Å²) in [5.41, 5.74) is 2.35. The number of esters is 1. The number of carbonyl (C=O) groups is 3. The van der Waals surface area contributed by atoms with E-state index >= 15 is 0 Å². The average molecular weight is 334 g/mol. The fourth-order valence-electron chi connectivity index (χ4n) is 2.18. The van der Waals surface area contributed by atoms with E-state index in [0.29, 0.717) is 11.1 Å². The normalized spacial score (nSPS) is 11.0. The predicted octanol–water partition coefficient (Wildman–Crippen LogP) is 3.97. The first-order valence-electron chi connectivity index (χ1n) is 7.73. The number of hydrogen-bond acceptors (Lipinski definition) is 4. The van der Waals surface area contributed by atoms with Crippen LogP contribution in [0, 0.1) is 0 Å². The topological polar surface area (TPSA) is 60.4 Å². The Bertz CT molecular complexity index is 825. The number of ether oxygens (including phenoxy) is 1. The number of Topliss-reactive ketones (excluding diaryl/α,β-unsaturated/α-hetero) is 2. The summed E-state index contributed by atoms with van der Waals surface area (Å²) >= 11 is 0. The van der Waals surface area contributed by atoms with Crippen LogP contribution >= 0.6 is 0 Å². The van der Waals surface area contributed by atoms with Crippen molar-refractivity contribution in [2.75, 3.05) is 7.11 Å². The van der Waals surface area contributed by atoms with Gasteiger partial charge < -0.3 is 4.74 Å². The highest BCUT2D eigenvalue weighted by atomic mass is 16.5. The first-order chi connectivity index (χ1) is 12.0. The molecule has 0 saturated heterocycles. The highest BCUT2D eigenvalue weighted by Crippen LogP contribution is 2.12. The van der Waals surface area contributed by atoms with Crippen LogP contribution in [0.15, 0.2) is 60.7 Å². The van der Waals surface area contributed by atoms with Crippen LogP contribution in [-0.2, 0) is 9.53 Å². The van der Waals surface area contributed by atoms with Crippen molar-refractivity contribution in [3.05, 3.63) is 82.9 Å². The molecule has 0 aliphatic carbocycles. The van der Waals surface area contributed by atoms with Crippen LogP contribution in [0.4, 0.5) is 0 Å². The van der Waals surface area contributed by atoms with Gasteiger partial charge in [-0.2, -0.15) is 0 Å². The molecule has 0 radical (unpaired) electrons. The van der Waals surface area contributed by atoms with E-state index < -0.39 is 17.5 Å². The first-order valence-corrected chi connectivity index (χ1v) is 7.73. The van der Waals surface area contributed by atoms with Crippen LogP contribution in [0.3, 0.4) is 0 Å². The lowest BCUT2D eigenvalue weighted by Gasteiger charge is -2.02. The smallest absolute Gasteiger partial charge is 0.330 e. The molecule has 0 spiro atoms. The summed E-state index contributed by atoms with van der Waals surface area (Å²) in [4.78, 5) is 35.7. The van der Waals surface area contributed by atoms with Gasteiger partial charge in [0.25, 0.3) is 0 Å². The molecular weight excluding hydrogens is 316 g/mol. The molecule has 0 atom stereocenters. The fourth-order valence-corrected chi connectivity index (χ4v) is 2.18. The quantitative estimate of drug-likeness (QED) is 0.347. The Kier molecular flexibility index (Phi) is 6.18. The molecule has 0 aliphatic rings. The third kappa shape index (κ3) is 4.85. The molecule has 0 aromatic heterocycles. The highest BCUT2D eigenvalue weighted by molar-refractivity contribution is 6.49. The Morgan fingerprint density at radius 2 is 1.20 bits per heavy atom. The minimum Gasteiger partial charge on any atom is -0.466 e. The van der Waals surface area contributed by atoms with Gasteiger partial charge in [0.15, 0.2) is 0 Å². The second kappa shape index (κ2) is 8.55. The Balaban J connectivity index is 2.12. The zero-order valence-corrected chi connectivity index (χ0v) is 14.1. The fraction of sp³-hybridized carbons (Fsp3) is 0.0952. The number of allylic oxidation sites excluding steroid dienone is 1. The zero-order valence-electron chi connectivity index (χ0n) is 14.1. The molecule has 2 rings (SSSR count). The molecule has 25 heavy (non-hydrogen) atoms. The summed E-state index contributed by atoms with van der Waals surface area (Å²) in [6, 6.07) is 13.3. The van der Waals surface area contributed by atoms with Crippen LogP contribution in [-0.4, -0.2) is 24.6 Å². The Labute approximate surface area is 146 Å². The van der Waals surface area contributed by atoms with Crippen molar-refractivity contribution >= 4 is 29.7 Å². The third-order valence-electron chi connectivity index (χ3n) is 3.52. The highest BCUT2D eigenvalue weighted by Gasteiger charge is 2.17. The molecule has 0 aliphatic heterocycles. The van der Waals surface area contributed by atoms with E-state index in [4.69, 9.17) is 0 Å². The minimum absolute atomic E-state index is 0.303. The van der Waals surface area contributed by atoms with Gasteiger partial charge in [0, 0.05) is 17.2 Å². The third-order valence-corrected chi connectivity index (χ3v) is 3.52. The molecule has 0 N–H and O–H groups in total. The lowest BCUT2D eigenvalue weighted by Crippen LogP contribution is -2.14. The van der Waals surface area contributed by atoms with Crippen molar-refractivity contribution in [3.63, 3.8) is 0 Å². The molecular formula is C21H18O4. The lowest BCUT2D eigenvalue weighted by molar-refractivity contribution is -0.134. The van der Waals surface area contributed by atoms with E-state index in [2.05, 4.69) is 4.74 Å². The molecule has 4 heteroatoms. The maximum absolute atomic E-state index is 12.3. The first kappa shape index (κ1) is 18.1. The Hall–Kier alpha value is -3.27. The number of methoxy groups -OCH3 is 1. The van der Waals surface area contributed by atoms with E-state index in [-0.39, 0.29) is 0 Å². The number of rotatable bonds is 6. The van der Waals surface area contributed by atoms with Crippen LogP contribution in [0.2, 0.25) is 0 Å². The van der Waals surface area contributed by atoms with Gasteiger partial charge in [0.05, 0.1) is 7.11 Å². The molecule has 126 valence electrons. The van der Waals surface area contributed by atoms with Gasteiger partial charge in [0.1, 0.15) is 0 Å². The van der Waals surface area contributed by atoms with Gasteiger partial charge in [-0.15, -0.1) is 0 Å². The molecule has 0 heterocycles. The van der Waals surface area contributed by atoms with Crippen molar-refractivity contribution in [2.45, 2.75) is 6.92 Å². The lowest BCUT2D eigenvalue weighted by atomic mass is 9.99. The van der Waals surface area contributed by atoms with E-state index in [1.807, 2.05) is 19.1 Å². The summed E-state index contributed by atoms with van der Waals surface area (Å²) in [6.45, 7) is 1.91. The SMILES string of the molecule is C/C=C/c1ccc(C(=O)C(=O)c2ccc(/C=C/C(=O)OC)cc2)cc1. The summed E-state index contributed by atoms with van der Waals surface area (Å²) in [5.74, 6) is -1.58. The van der Waals surface area contributed by atoms with Crippen molar-refractivity contribution in [2.24, 2.45) is 0 Å². The molecule has 4 nitrogen and oxygen atoms in total. The summed E-state index contributed by atoms with van der Waals surface area (Å²) in [5, 5.41) is 0. The number of ketones is 2. The zero-order chi connectivity index (χ0) is 18.2. The van der Waals surface area contributed by atoms with E-state index in [0.717, 1.165) is 11.1 Å². The molecule has 2 aromatic carbocycles. The molecule has 0 bridgehead atoms. The van der Waals surface area contributed by atoms with Crippen molar-refractivity contribution in [1.29, 1.82) is 0 Å². The van der Waals surface area contributed by atoms with Gasteiger partial charge in [0.2, 0.25) is 11.6 Å². The number of benzene rings is 2. The van der Waals surface area contributed by atoms with E-state index in [9.17, 15) is 14.4 Å². The van der Waals surface area contributed by atoms with E-state index in [1.165, 1.54) is 13.2 Å². The Morgan fingerprint density at radius 1 is 0.760 bits per heavy atom. The molecule has 0 fully saturated rings. The molecule has 0 amide bonds. The number of hydrogen-bond donors (Lipinski definition) is 0. The molecule has 0 saturated carbocycles. The van der Waals surface area contributed by atoms with Crippen molar-refractivity contribution in [1.82, 2.24) is 0 Å². The van der Waals surface area contributed by atoms with Crippen LogP contribution in [0.25, 0.3) is 12.2 Å². The summed E-state index contributed by atoms with van der Waals surface area (Å²) in [6.07, 6.45) is 6.67. The molecule has 2 aromatic rings. The predicted molar refractivity (Wildman–Crippen MR) is 97.3 cm³/mol. The van der Waals surface area contributed by atoms with Gasteiger partial charge in [-0.25, -0.2) is 4.79 Å². The van der Waals surface area contributed by atoms with Crippen LogP contribution in [0.5, 0.6) is 0 Å². The van der Waals surface area contributed by atoms with Crippen LogP contribution in [0.1, 0.15) is 38.8 Å². The maximum atomic E-state index is 12.3. The number of carbonyl (C=O) groups excluding carboxylic acids is 3. The second-order valence-corrected chi connectivity index (χ2v) is 5.26. The summed E-state index contributed by atoms with van der Waals surface area (Å²) in [7, 11) is 1.30. The standard InChI is InChI=1S/C21H18O4/c1-3-4-15-5-10-17(11-6-15)20(23)21(24)18-12-7-16(8-13-18)9-14-19(22)25-2/h3-14H,1-2H3/b4-3+,14-9+. The largest absolute Gasteiger partial charge is 0.466 e. The summed E-state index contributed by atoms with van der Waals surface area (Å²) < 4.78 is 4.51. The van der Waals surface area contributed by atoms with Crippen LogP contribution < -0.4 is 0 Å². The van der Waals surface area contributed by atoms with Gasteiger partial charge in [-0.3, -0.25) is 9.59 Å².